The summed E-state index contributed by atoms with van der Waals surface area (Å²) < 4.78 is 43.9. The molecular weight excluding hydrogens is 323 g/mol. The standard InChI is InChI=1S/C11H12F3N5O4/c12-11(13,14)7(22)6-4(20)5(21)10(23-6)19-2-18-3-8(15)16-1-17-9(3)19/h1-2,4-7,10,20-22H,(H2,15,16,17)/t4-,5+,6-,7?,10+/m0/s1. The summed E-state index contributed by atoms with van der Waals surface area (Å²) in [5, 5.41) is 29.0. The summed E-state index contributed by atoms with van der Waals surface area (Å²) in [7, 11) is 0. The molecule has 1 unspecified atom stereocenters. The minimum Gasteiger partial charge on any atom is -0.387 e. The highest BCUT2D eigenvalue weighted by molar-refractivity contribution is 5.81. The zero-order valence-electron chi connectivity index (χ0n) is 11.3. The number of ether oxygens (including phenoxy) is 1. The Hall–Kier alpha value is -2.02. The van der Waals surface area contributed by atoms with Gasteiger partial charge in [0.1, 0.15) is 30.2 Å². The van der Waals surface area contributed by atoms with E-state index in [1.807, 2.05) is 0 Å². The van der Waals surface area contributed by atoms with Gasteiger partial charge in [0, 0.05) is 0 Å². The Balaban J connectivity index is 1.96. The number of aliphatic hydroxyl groups excluding tert-OH is 3. The maximum atomic E-state index is 12.6. The van der Waals surface area contributed by atoms with Crippen molar-refractivity contribution in [3.05, 3.63) is 12.7 Å². The number of hydrogen-bond donors (Lipinski definition) is 4. The van der Waals surface area contributed by atoms with Gasteiger partial charge in [-0.3, -0.25) is 4.57 Å². The Morgan fingerprint density at radius 1 is 1.22 bits per heavy atom. The van der Waals surface area contributed by atoms with Gasteiger partial charge in [-0.2, -0.15) is 13.2 Å². The van der Waals surface area contributed by atoms with Crippen LogP contribution in [0.4, 0.5) is 19.0 Å². The van der Waals surface area contributed by atoms with E-state index in [2.05, 4.69) is 15.0 Å². The summed E-state index contributed by atoms with van der Waals surface area (Å²) in [5.41, 5.74) is 5.87. The molecule has 0 aliphatic carbocycles. The zero-order valence-corrected chi connectivity index (χ0v) is 11.3. The first-order valence-electron chi connectivity index (χ1n) is 6.41. The highest BCUT2D eigenvalue weighted by atomic mass is 19.4. The molecule has 9 nitrogen and oxygen atoms in total. The van der Waals surface area contributed by atoms with Crippen molar-refractivity contribution in [1.82, 2.24) is 19.5 Å². The third kappa shape index (κ3) is 2.49. The van der Waals surface area contributed by atoms with Crippen LogP contribution in [0.25, 0.3) is 11.2 Å². The minimum absolute atomic E-state index is 0.0358. The number of alkyl halides is 3. The number of anilines is 1. The number of aliphatic hydroxyl groups is 3. The molecule has 1 aliphatic heterocycles. The van der Waals surface area contributed by atoms with Gasteiger partial charge < -0.3 is 25.8 Å². The van der Waals surface area contributed by atoms with E-state index in [-0.39, 0.29) is 17.0 Å². The van der Waals surface area contributed by atoms with Crippen LogP contribution in [-0.2, 0) is 4.74 Å². The molecule has 5 atom stereocenters. The van der Waals surface area contributed by atoms with Gasteiger partial charge in [-0.05, 0) is 0 Å². The van der Waals surface area contributed by atoms with Gasteiger partial charge in [-0.1, -0.05) is 0 Å². The molecule has 12 heteroatoms. The van der Waals surface area contributed by atoms with Crippen LogP contribution in [0.2, 0.25) is 0 Å². The molecule has 0 radical (unpaired) electrons. The maximum absolute atomic E-state index is 12.6. The average Bonchev–Trinajstić information content (AvgIpc) is 3.02. The predicted molar refractivity (Wildman–Crippen MR) is 67.7 cm³/mol. The molecule has 23 heavy (non-hydrogen) atoms. The molecule has 126 valence electrons. The van der Waals surface area contributed by atoms with Crippen molar-refractivity contribution >= 4 is 17.0 Å². The second kappa shape index (κ2) is 5.26. The average molecular weight is 335 g/mol. The molecule has 1 aliphatic rings. The maximum Gasteiger partial charge on any atom is 0.417 e. The molecule has 0 bridgehead atoms. The summed E-state index contributed by atoms with van der Waals surface area (Å²) in [4.78, 5) is 11.5. The Bertz CT molecular complexity index is 723. The molecule has 0 aromatic carbocycles. The molecule has 0 spiro atoms. The number of fused-ring (bicyclic) bond motifs is 1. The van der Waals surface area contributed by atoms with E-state index in [0.29, 0.717) is 0 Å². The lowest BCUT2D eigenvalue weighted by molar-refractivity contribution is -0.244. The highest BCUT2D eigenvalue weighted by Gasteiger charge is 2.55. The Morgan fingerprint density at radius 3 is 2.57 bits per heavy atom. The van der Waals surface area contributed by atoms with Crippen LogP contribution in [0.15, 0.2) is 12.7 Å². The van der Waals surface area contributed by atoms with Crippen LogP contribution in [0.3, 0.4) is 0 Å². The van der Waals surface area contributed by atoms with E-state index >= 15 is 0 Å². The van der Waals surface area contributed by atoms with Gasteiger partial charge in [-0.15, -0.1) is 0 Å². The quantitative estimate of drug-likeness (QED) is 0.545. The van der Waals surface area contributed by atoms with Crippen LogP contribution >= 0.6 is 0 Å². The van der Waals surface area contributed by atoms with Crippen molar-refractivity contribution in [3.8, 4) is 0 Å². The lowest BCUT2D eigenvalue weighted by Crippen LogP contribution is -2.46. The van der Waals surface area contributed by atoms with Crippen molar-refractivity contribution in [3.63, 3.8) is 0 Å². The van der Waals surface area contributed by atoms with E-state index in [0.717, 1.165) is 17.2 Å². The number of rotatable bonds is 2. The number of nitrogen functional groups attached to an aromatic ring is 1. The molecule has 2 aromatic heterocycles. The molecule has 0 saturated carbocycles. The summed E-state index contributed by atoms with van der Waals surface area (Å²) in [6.07, 6.45) is -12.9. The molecule has 2 aromatic rings. The largest absolute Gasteiger partial charge is 0.417 e. The van der Waals surface area contributed by atoms with Gasteiger partial charge in [0.05, 0.1) is 6.33 Å². The van der Waals surface area contributed by atoms with Gasteiger partial charge in [0.15, 0.2) is 23.8 Å². The Kier molecular flexibility index (Phi) is 3.63. The Labute approximate surface area is 126 Å². The second-order valence-electron chi connectivity index (χ2n) is 5.04. The lowest BCUT2D eigenvalue weighted by atomic mass is 10.1. The number of aromatic nitrogens is 4. The van der Waals surface area contributed by atoms with E-state index < -0.39 is 36.8 Å². The van der Waals surface area contributed by atoms with E-state index in [1.165, 1.54) is 0 Å². The van der Waals surface area contributed by atoms with Gasteiger partial charge in [0.2, 0.25) is 0 Å². The van der Waals surface area contributed by atoms with Crippen molar-refractivity contribution in [2.45, 2.75) is 36.8 Å². The fraction of sp³-hybridized carbons (Fsp3) is 0.545. The fourth-order valence-electron chi connectivity index (χ4n) is 2.42. The highest BCUT2D eigenvalue weighted by Crippen LogP contribution is 2.37. The minimum atomic E-state index is -5.01. The molecule has 5 N–H and O–H groups in total. The summed E-state index contributed by atoms with van der Waals surface area (Å²) in [6.45, 7) is 0. The SMILES string of the molecule is Nc1ncnc2c1ncn2[C@@H]1O[C@H](C(O)C(F)(F)F)[C@@H](O)[C@H]1O. The molecular formula is C11H12F3N5O4. The topological polar surface area (TPSA) is 140 Å². The van der Waals surface area contributed by atoms with Crippen LogP contribution in [-0.4, -0.2) is 65.4 Å². The fourth-order valence-corrected chi connectivity index (χ4v) is 2.42. The number of nitrogens with zero attached hydrogens (tertiary/aromatic N) is 4. The Morgan fingerprint density at radius 2 is 1.91 bits per heavy atom. The molecule has 0 amide bonds. The van der Waals surface area contributed by atoms with Crippen LogP contribution < -0.4 is 5.73 Å². The summed E-state index contributed by atoms with van der Waals surface area (Å²) in [5.74, 6) is 0.0358. The smallest absolute Gasteiger partial charge is 0.387 e. The van der Waals surface area contributed by atoms with E-state index in [9.17, 15) is 28.5 Å². The summed E-state index contributed by atoms with van der Waals surface area (Å²) in [6, 6.07) is 0. The third-order valence-electron chi connectivity index (χ3n) is 3.58. The summed E-state index contributed by atoms with van der Waals surface area (Å²) >= 11 is 0. The number of halogens is 3. The monoisotopic (exact) mass is 335 g/mol. The first-order valence-corrected chi connectivity index (χ1v) is 6.41. The van der Waals surface area contributed by atoms with Crippen molar-refractivity contribution in [2.24, 2.45) is 0 Å². The molecule has 1 saturated heterocycles. The van der Waals surface area contributed by atoms with Crippen molar-refractivity contribution in [2.75, 3.05) is 5.73 Å². The van der Waals surface area contributed by atoms with E-state index in [1.54, 1.807) is 0 Å². The lowest BCUT2D eigenvalue weighted by Gasteiger charge is -2.22. The first-order chi connectivity index (χ1) is 10.7. The van der Waals surface area contributed by atoms with Gasteiger partial charge in [-0.25, -0.2) is 15.0 Å². The van der Waals surface area contributed by atoms with Crippen molar-refractivity contribution in [1.29, 1.82) is 0 Å². The molecule has 3 heterocycles. The van der Waals surface area contributed by atoms with Gasteiger partial charge in [0.25, 0.3) is 0 Å². The van der Waals surface area contributed by atoms with Crippen LogP contribution in [0.5, 0.6) is 0 Å². The van der Waals surface area contributed by atoms with Gasteiger partial charge >= 0.3 is 6.18 Å². The molecule has 3 rings (SSSR count). The van der Waals surface area contributed by atoms with Crippen molar-refractivity contribution < 1.29 is 33.2 Å². The number of hydrogen-bond acceptors (Lipinski definition) is 8. The number of nitrogens with two attached hydrogens (primary N) is 1. The van der Waals surface area contributed by atoms with Crippen LogP contribution in [0.1, 0.15) is 6.23 Å². The third-order valence-corrected chi connectivity index (χ3v) is 3.58. The predicted octanol–water partition coefficient (Wildman–Crippen LogP) is -1.05. The second-order valence-corrected chi connectivity index (χ2v) is 5.04. The zero-order chi connectivity index (χ0) is 16.9. The normalized spacial score (nSPS) is 30.0. The van der Waals surface area contributed by atoms with Crippen LogP contribution in [0, 0.1) is 0 Å². The first kappa shape index (κ1) is 15.9. The van der Waals surface area contributed by atoms with E-state index in [4.69, 9.17) is 10.5 Å². The molecule has 1 fully saturated rings. The number of imidazole rings is 1.